The van der Waals surface area contributed by atoms with Crippen molar-refractivity contribution in [2.24, 2.45) is 0 Å². The summed E-state index contributed by atoms with van der Waals surface area (Å²) in [4.78, 5) is 15.6. The van der Waals surface area contributed by atoms with Gasteiger partial charge < -0.3 is 19.3 Å². The van der Waals surface area contributed by atoms with E-state index in [0.717, 1.165) is 24.6 Å². The Hall–Kier alpha value is -4.74. The molecule has 0 unspecified atom stereocenters. The van der Waals surface area contributed by atoms with E-state index in [1.807, 2.05) is 6.92 Å². The highest BCUT2D eigenvalue weighted by molar-refractivity contribution is 5.92. The zero-order valence-corrected chi connectivity index (χ0v) is 24.3. The van der Waals surface area contributed by atoms with Gasteiger partial charge in [0.25, 0.3) is 0 Å². The van der Waals surface area contributed by atoms with E-state index in [0.29, 0.717) is 46.4 Å². The fourth-order valence-corrected chi connectivity index (χ4v) is 4.42. The molecule has 0 aliphatic carbocycles. The molecule has 238 valence electrons. The molecule has 0 fully saturated rings. The van der Waals surface area contributed by atoms with Gasteiger partial charge in [-0.2, -0.15) is 26.3 Å². The van der Waals surface area contributed by atoms with Gasteiger partial charge in [-0.1, -0.05) is 31.5 Å². The SMILES string of the molecule is CCCC/C(=C/c1cc(OCc2ccc3nc(C(F)(F)F)cc(OC)c3c2)ccc1OCc1ccc(C(F)(F)F)cc1)C(=O)O. The van der Waals surface area contributed by atoms with Crippen LogP contribution in [0.1, 0.15) is 54.1 Å². The minimum Gasteiger partial charge on any atom is -0.496 e. The van der Waals surface area contributed by atoms with Crippen LogP contribution in [0.3, 0.4) is 0 Å². The summed E-state index contributed by atoms with van der Waals surface area (Å²) in [6.07, 6.45) is -5.92. The molecule has 4 rings (SSSR count). The first-order valence-electron chi connectivity index (χ1n) is 13.8. The van der Waals surface area contributed by atoms with Gasteiger partial charge in [0.15, 0.2) is 0 Å². The third kappa shape index (κ3) is 8.68. The van der Waals surface area contributed by atoms with Crippen molar-refractivity contribution >= 4 is 22.9 Å². The lowest BCUT2D eigenvalue weighted by molar-refractivity contribution is -0.141. The van der Waals surface area contributed by atoms with Crippen molar-refractivity contribution in [3.63, 3.8) is 0 Å². The molecule has 6 nitrogen and oxygen atoms in total. The van der Waals surface area contributed by atoms with Crippen LogP contribution in [0, 0.1) is 0 Å². The Morgan fingerprint density at radius 3 is 2.16 bits per heavy atom. The highest BCUT2D eigenvalue weighted by atomic mass is 19.4. The van der Waals surface area contributed by atoms with Gasteiger partial charge >= 0.3 is 18.3 Å². The van der Waals surface area contributed by atoms with Crippen molar-refractivity contribution in [1.29, 1.82) is 0 Å². The summed E-state index contributed by atoms with van der Waals surface area (Å²) in [5, 5.41) is 10.1. The normalized spacial score (nSPS) is 12.3. The second-order valence-corrected chi connectivity index (χ2v) is 10.1. The molecule has 4 aromatic rings. The number of hydrogen-bond acceptors (Lipinski definition) is 5. The lowest BCUT2D eigenvalue weighted by Crippen LogP contribution is -2.08. The van der Waals surface area contributed by atoms with E-state index >= 15 is 0 Å². The fraction of sp³-hybridized carbons (Fsp3) is 0.273. The molecule has 0 aliphatic rings. The van der Waals surface area contributed by atoms with Crippen LogP contribution in [-0.2, 0) is 30.4 Å². The zero-order valence-electron chi connectivity index (χ0n) is 24.3. The summed E-state index contributed by atoms with van der Waals surface area (Å²) in [5.41, 5.74) is -0.150. The van der Waals surface area contributed by atoms with Crippen LogP contribution in [0.5, 0.6) is 17.2 Å². The largest absolute Gasteiger partial charge is 0.496 e. The van der Waals surface area contributed by atoms with Crippen LogP contribution >= 0.6 is 0 Å². The summed E-state index contributed by atoms with van der Waals surface area (Å²) in [6, 6.07) is 14.7. The molecule has 1 N–H and O–H groups in total. The first-order valence-corrected chi connectivity index (χ1v) is 13.8. The van der Waals surface area contributed by atoms with Crippen molar-refractivity contribution in [2.75, 3.05) is 7.11 Å². The minimum absolute atomic E-state index is 0.00410. The number of benzene rings is 3. The highest BCUT2D eigenvalue weighted by Gasteiger charge is 2.33. The predicted octanol–water partition coefficient (Wildman–Crippen LogP) is 9.10. The number of unbranched alkanes of at least 4 members (excludes halogenated alkanes) is 1. The van der Waals surface area contributed by atoms with Gasteiger partial charge in [0.1, 0.15) is 36.2 Å². The molecular weight excluding hydrogens is 604 g/mol. The number of nitrogens with zero attached hydrogens (tertiary/aromatic N) is 1. The van der Waals surface area contributed by atoms with Gasteiger partial charge in [0.2, 0.25) is 0 Å². The van der Waals surface area contributed by atoms with E-state index < -0.39 is 29.6 Å². The number of fused-ring (bicyclic) bond motifs is 1. The number of carboxylic acids is 1. The fourth-order valence-electron chi connectivity index (χ4n) is 4.42. The molecule has 1 aromatic heterocycles. The maximum absolute atomic E-state index is 13.2. The quantitative estimate of drug-likeness (QED) is 0.124. The minimum atomic E-state index is -4.64. The molecule has 12 heteroatoms. The number of carbonyl (C=O) groups is 1. The number of pyridine rings is 1. The number of alkyl halides is 6. The Balaban J connectivity index is 1.59. The summed E-state index contributed by atoms with van der Waals surface area (Å²) < 4.78 is 95.5. The van der Waals surface area contributed by atoms with Crippen molar-refractivity contribution in [1.82, 2.24) is 4.98 Å². The van der Waals surface area contributed by atoms with Gasteiger partial charge in [-0.05, 0) is 72.5 Å². The van der Waals surface area contributed by atoms with Crippen LogP contribution in [0.4, 0.5) is 26.3 Å². The molecule has 1 heterocycles. The zero-order chi connectivity index (χ0) is 32.8. The molecule has 0 saturated carbocycles. The molecule has 0 amide bonds. The van der Waals surface area contributed by atoms with Crippen molar-refractivity contribution in [2.45, 2.75) is 51.8 Å². The Kier molecular flexibility index (Phi) is 10.3. The molecular formula is C33H29F6NO5. The average molecular weight is 634 g/mol. The lowest BCUT2D eigenvalue weighted by Gasteiger charge is -2.14. The van der Waals surface area contributed by atoms with E-state index in [2.05, 4.69) is 4.98 Å². The standard InChI is InChI=1S/C33H29F6NO5/c1-3-4-5-22(31(41)42)15-23-16-25(11-13-28(23)45-18-20-6-9-24(10-7-20)32(34,35)36)44-19-21-8-12-27-26(14-21)29(43-2)17-30(40-27)33(37,38)39/h6-17H,3-5,18-19H2,1-2H3,(H,41,42)/b22-15-. The van der Waals surface area contributed by atoms with Gasteiger partial charge in [-0.25, -0.2) is 9.78 Å². The van der Waals surface area contributed by atoms with Gasteiger partial charge in [-0.15, -0.1) is 0 Å². The van der Waals surface area contributed by atoms with Crippen LogP contribution in [0.25, 0.3) is 17.0 Å². The third-order valence-corrected chi connectivity index (χ3v) is 6.81. The van der Waals surface area contributed by atoms with E-state index in [9.17, 15) is 36.2 Å². The molecule has 0 saturated heterocycles. The smallest absolute Gasteiger partial charge is 0.433 e. The lowest BCUT2D eigenvalue weighted by atomic mass is 10.0. The van der Waals surface area contributed by atoms with Crippen molar-refractivity contribution < 1.29 is 50.5 Å². The van der Waals surface area contributed by atoms with E-state index in [1.54, 1.807) is 30.3 Å². The predicted molar refractivity (Wildman–Crippen MR) is 155 cm³/mol. The number of aromatic nitrogens is 1. The molecule has 0 spiro atoms. The number of halogens is 6. The van der Waals surface area contributed by atoms with Crippen molar-refractivity contribution in [3.05, 3.63) is 100 Å². The van der Waals surface area contributed by atoms with Crippen molar-refractivity contribution in [3.8, 4) is 17.2 Å². The number of rotatable bonds is 12. The third-order valence-electron chi connectivity index (χ3n) is 6.81. The summed E-state index contributed by atoms with van der Waals surface area (Å²) >= 11 is 0. The maximum Gasteiger partial charge on any atom is 0.433 e. The van der Waals surface area contributed by atoms with Crippen LogP contribution in [0.15, 0.2) is 72.3 Å². The number of ether oxygens (including phenoxy) is 3. The maximum atomic E-state index is 13.2. The first kappa shape index (κ1) is 33.2. The summed E-state index contributed by atoms with van der Waals surface area (Å²) in [5.74, 6) is -0.458. The van der Waals surface area contributed by atoms with Gasteiger partial charge in [0, 0.05) is 22.6 Å². The monoisotopic (exact) mass is 633 g/mol. The average Bonchev–Trinajstić information content (AvgIpc) is 3.00. The Labute approximate surface area is 254 Å². The second kappa shape index (κ2) is 13.9. The van der Waals surface area contributed by atoms with Crippen LogP contribution in [-0.4, -0.2) is 23.2 Å². The molecule has 0 radical (unpaired) electrons. The molecule has 45 heavy (non-hydrogen) atoms. The van der Waals surface area contributed by atoms with Crippen LogP contribution < -0.4 is 14.2 Å². The molecule has 3 aromatic carbocycles. The molecule has 0 aliphatic heterocycles. The van der Waals surface area contributed by atoms with Gasteiger partial charge in [0.05, 0.1) is 18.2 Å². The number of methoxy groups -OCH3 is 1. The Bertz CT molecular complexity index is 1680. The number of aliphatic carboxylic acids is 1. The number of carboxylic acid groups (broad SMARTS) is 1. The first-order chi connectivity index (χ1) is 21.3. The van der Waals surface area contributed by atoms with Crippen LogP contribution in [0.2, 0.25) is 0 Å². The Morgan fingerprint density at radius 2 is 1.53 bits per heavy atom. The van der Waals surface area contributed by atoms with Gasteiger partial charge in [-0.3, -0.25) is 0 Å². The van der Waals surface area contributed by atoms with E-state index in [4.69, 9.17) is 14.2 Å². The summed E-state index contributed by atoms with van der Waals surface area (Å²) in [6.45, 7) is 1.87. The number of hydrogen-bond donors (Lipinski definition) is 1. The molecule has 0 bridgehead atoms. The Morgan fingerprint density at radius 1 is 0.844 bits per heavy atom. The van der Waals surface area contributed by atoms with E-state index in [-0.39, 0.29) is 30.1 Å². The second-order valence-electron chi connectivity index (χ2n) is 10.1. The highest BCUT2D eigenvalue weighted by Crippen LogP contribution is 2.35. The summed E-state index contributed by atoms with van der Waals surface area (Å²) in [7, 11) is 1.26. The molecule has 0 atom stereocenters. The topological polar surface area (TPSA) is 77.9 Å². The van der Waals surface area contributed by atoms with E-state index in [1.165, 1.54) is 31.4 Å².